The van der Waals surface area contributed by atoms with E-state index in [4.69, 9.17) is 17.3 Å². The zero-order valence-corrected chi connectivity index (χ0v) is 13.7. The lowest BCUT2D eigenvalue weighted by Gasteiger charge is -2.04. The third-order valence-corrected chi connectivity index (χ3v) is 3.99. The molecule has 0 fully saturated rings. The van der Waals surface area contributed by atoms with Gasteiger partial charge in [0.1, 0.15) is 5.56 Å². The zero-order chi connectivity index (χ0) is 16.9. The predicted molar refractivity (Wildman–Crippen MR) is 94.8 cm³/mol. The molecule has 0 bridgehead atoms. The molecule has 2 aromatic carbocycles. The molecule has 3 rings (SSSR count). The van der Waals surface area contributed by atoms with Gasteiger partial charge in [-0.25, -0.2) is 0 Å². The Labute approximate surface area is 145 Å². The van der Waals surface area contributed by atoms with Crippen molar-refractivity contribution >= 4 is 23.3 Å². The van der Waals surface area contributed by atoms with Crippen molar-refractivity contribution in [2.75, 3.05) is 5.73 Å². The molecule has 1 heterocycles. The molecule has 24 heavy (non-hydrogen) atoms. The number of nitrogens with two attached hydrogens (primary N) is 1. The van der Waals surface area contributed by atoms with Crippen molar-refractivity contribution in [1.29, 1.82) is 0 Å². The summed E-state index contributed by atoms with van der Waals surface area (Å²) >= 11 is 6.15. The van der Waals surface area contributed by atoms with Crippen LogP contribution in [0.3, 0.4) is 0 Å². The summed E-state index contributed by atoms with van der Waals surface area (Å²) in [6.45, 7) is 0.893. The normalized spacial score (nSPS) is 10.5. The van der Waals surface area contributed by atoms with Gasteiger partial charge in [-0.15, -0.1) is 0 Å². The number of benzene rings is 2. The molecule has 122 valence electrons. The summed E-state index contributed by atoms with van der Waals surface area (Å²) in [5.74, 6) is -0.0469. The number of nitrogen functional groups attached to an aromatic ring is 1. The minimum Gasteiger partial charge on any atom is -0.382 e. The van der Waals surface area contributed by atoms with E-state index in [0.717, 1.165) is 11.1 Å². The van der Waals surface area contributed by atoms with Crippen LogP contribution in [0.5, 0.6) is 0 Å². The van der Waals surface area contributed by atoms with Gasteiger partial charge in [-0.2, -0.15) is 5.10 Å². The molecule has 0 aliphatic rings. The third kappa shape index (κ3) is 3.75. The van der Waals surface area contributed by atoms with Crippen LogP contribution in [0.15, 0.2) is 60.8 Å². The maximum Gasteiger partial charge on any atom is 0.256 e. The zero-order valence-electron chi connectivity index (χ0n) is 12.9. The second kappa shape index (κ2) is 7.19. The standard InChI is InChI=1S/C18H17ClN4O/c19-16-9-5-4-8-14(16)11-23-12-15(17(20)22-23)18(24)21-10-13-6-2-1-3-7-13/h1-9,12H,10-11H2,(H2,20,22)(H,21,24). The Kier molecular flexibility index (Phi) is 4.82. The second-order valence-electron chi connectivity index (χ2n) is 5.39. The number of hydrogen-bond donors (Lipinski definition) is 2. The van der Waals surface area contributed by atoms with Gasteiger partial charge in [0.25, 0.3) is 5.91 Å². The molecule has 0 saturated heterocycles. The van der Waals surface area contributed by atoms with Gasteiger partial charge in [-0.3, -0.25) is 9.48 Å². The second-order valence-corrected chi connectivity index (χ2v) is 5.79. The number of carbonyl (C=O) groups excluding carboxylic acids is 1. The first-order valence-electron chi connectivity index (χ1n) is 7.52. The predicted octanol–water partition coefficient (Wildman–Crippen LogP) is 3.10. The van der Waals surface area contributed by atoms with Gasteiger partial charge in [0, 0.05) is 17.8 Å². The van der Waals surface area contributed by atoms with E-state index in [0.29, 0.717) is 23.7 Å². The lowest BCUT2D eigenvalue weighted by Crippen LogP contribution is -2.23. The molecule has 0 saturated carbocycles. The Hall–Kier alpha value is -2.79. The van der Waals surface area contributed by atoms with E-state index in [1.165, 1.54) is 0 Å². The van der Waals surface area contributed by atoms with Gasteiger partial charge in [0.2, 0.25) is 0 Å². The number of nitrogens with one attached hydrogen (secondary N) is 1. The summed E-state index contributed by atoms with van der Waals surface area (Å²) < 4.78 is 1.62. The van der Waals surface area contributed by atoms with Crippen molar-refractivity contribution in [2.24, 2.45) is 0 Å². The summed E-state index contributed by atoms with van der Waals surface area (Å²) in [5.41, 5.74) is 8.17. The van der Waals surface area contributed by atoms with Crippen LogP contribution in [0.2, 0.25) is 5.02 Å². The molecule has 5 nitrogen and oxygen atoms in total. The van der Waals surface area contributed by atoms with Gasteiger partial charge >= 0.3 is 0 Å². The smallest absolute Gasteiger partial charge is 0.256 e. The highest BCUT2D eigenvalue weighted by molar-refractivity contribution is 6.31. The van der Waals surface area contributed by atoms with Crippen LogP contribution in [0.4, 0.5) is 5.82 Å². The first-order chi connectivity index (χ1) is 11.6. The molecule has 1 aromatic heterocycles. The first kappa shape index (κ1) is 16.1. The van der Waals surface area contributed by atoms with Crippen molar-refractivity contribution in [1.82, 2.24) is 15.1 Å². The number of aromatic nitrogens is 2. The molecule has 0 atom stereocenters. The van der Waals surface area contributed by atoms with Gasteiger partial charge in [-0.05, 0) is 17.2 Å². The van der Waals surface area contributed by atoms with Crippen molar-refractivity contribution in [3.05, 3.63) is 82.5 Å². The average Bonchev–Trinajstić information content (AvgIpc) is 2.96. The Morgan fingerprint density at radius 3 is 2.58 bits per heavy atom. The van der Waals surface area contributed by atoms with Crippen LogP contribution >= 0.6 is 11.6 Å². The van der Waals surface area contributed by atoms with E-state index >= 15 is 0 Å². The molecular formula is C18H17ClN4O. The summed E-state index contributed by atoms with van der Waals surface area (Å²) in [4.78, 5) is 12.3. The number of nitrogens with zero attached hydrogens (tertiary/aromatic N) is 2. The fourth-order valence-corrected chi connectivity index (χ4v) is 2.56. The SMILES string of the molecule is Nc1nn(Cc2ccccc2Cl)cc1C(=O)NCc1ccccc1. The van der Waals surface area contributed by atoms with E-state index in [1.54, 1.807) is 10.9 Å². The fraction of sp³-hybridized carbons (Fsp3) is 0.111. The molecule has 0 radical (unpaired) electrons. The van der Waals surface area contributed by atoms with Crippen LogP contribution < -0.4 is 11.1 Å². The lowest BCUT2D eigenvalue weighted by molar-refractivity contribution is 0.0951. The molecule has 1 amide bonds. The van der Waals surface area contributed by atoms with Gasteiger partial charge < -0.3 is 11.1 Å². The number of carbonyl (C=O) groups is 1. The Morgan fingerprint density at radius 1 is 1.12 bits per heavy atom. The summed E-state index contributed by atoms with van der Waals surface area (Å²) in [6, 6.07) is 17.2. The van der Waals surface area contributed by atoms with Crippen molar-refractivity contribution in [2.45, 2.75) is 13.1 Å². The number of rotatable bonds is 5. The quantitative estimate of drug-likeness (QED) is 0.749. The number of halogens is 1. The van der Waals surface area contributed by atoms with E-state index < -0.39 is 0 Å². The van der Waals surface area contributed by atoms with Crippen LogP contribution in [0, 0.1) is 0 Å². The van der Waals surface area contributed by atoms with Gasteiger partial charge in [-0.1, -0.05) is 60.1 Å². The average molecular weight is 341 g/mol. The summed E-state index contributed by atoms with van der Waals surface area (Å²) in [7, 11) is 0. The third-order valence-electron chi connectivity index (χ3n) is 3.62. The van der Waals surface area contributed by atoms with Crippen LogP contribution in [-0.2, 0) is 13.1 Å². The fourth-order valence-electron chi connectivity index (χ4n) is 2.37. The lowest BCUT2D eigenvalue weighted by atomic mass is 10.2. The topological polar surface area (TPSA) is 72.9 Å². The van der Waals surface area contributed by atoms with Crippen molar-refractivity contribution in [3.8, 4) is 0 Å². The number of amides is 1. The maximum atomic E-state index is 12.3. The van der Waals surface area contributed by atoms with E-state index in [1.807, 2.05) is 54.6 Å². The molecular weight excluding hydrogens is 324 g/mol. The van der Waals surface area contributed by atoms with E-state index in [9.17, 15) is 4.79 Å². The molecule has 0 unspecified atom stereocenters. The van der Waals surface area contributed by atoms with Crippen molar-refractivity contribution < 1.29 is 4.79 Å². The maximum absolute atomic E-state index is 12.3. The van der Waals surface area contributed by atoms with Gasteiger partial charge in [0.15, 0.2) is 5.82 Å². The minimum absolute atomic E-state index is 0.201. The van der Waals surface area contributed by atoms with E-state index in [-0.39, 0.29) is 11.7 Å². The molecule has 6 heteroatoms. The molecule has 0 spiro atoms. The molecule has 0 aliphatic heterocycles. The Morgan fingerprint density at radius 2 is 1.83 bits per heavy atom. The minimum atomic E-state index is -0.248. The highest BCUT2D eigenvalue weighted by Crippen LogP contribution is 2.17. The molecule has 3 N–H and O–H groups in total. The highest BCUT2D eigenvalue weighted by atomic mass is 35.5. The van der Waals surface area contributed by atoms with Gasteiger partial charge in [0.05, 0.1) is 6.54 Å². The summed E-state index contributed by atoms with van der Waals surface area (Å²) in [6.07, 6.45) is 1.64. The number of hydrogen-bond acceptors (Lipinski definition) is 3. The first-order valence-corrected chi connectivity index (χ1v) is 7.90. The largest absolute Gasteiger partial charge is 0.382 e. The summed E-state index contributed by atoms with van der Waals surface area (Å²) in [5, 5.41) is 7.70. The van der Waals surface area contributed by atoms with Crippen molar-refractivity contribution in [3.63, 3.8) is 0 Å². The Bertz CT molecular complexity index is 845. The van der Waals surface area contributed by atoms with Crippen LogP contribution in [-0.4, -0.2) is 15.7 Å². The van der Waals surface area contributed by atoms with E-state index in [2.05, 4.69) is 10.4 Å². The van der Waals surface area contributed by atoms with Crippen LogP contribution in [0.25, 0.3) is 0 Å². The monoisotopic (exact) mass is 340 g/mol. The molecule has 3 aromatic rings. The molecule has 0 aliphatic carbocycles. The Balaban J connectivity index is 1.69. The van der Waals surface area contributed by atoms with Crippen LogP contribution in [0.1, 0.15) is 21.5 Å². The number of anilines is 1. The highest BCUT2D eigenvalue weighted by Gasteiger charge is 2.14.